The van der Waals surface area contributed by atoms with E-state index in [-0.39, 0.29) is 11.8 Å². The van der Waals surface area contributed by atoms with Crippen molar-refractivity contribution in [3.8, 4) is 0 Å². The average Bonchev–Trinajstić information content (AvgIpc) is 3.18. The Kier molecular flexibility index (Phi) is 4.06. The lowest BCUT2D eigenvalue weighted by atomic mass is 9.94. The van der Waals surface area contributed by atoms with Gasteiger partial charge in [0.25, 0.3) is 0 Å². The number of rotatable bonds is 4. The van der Waals surface area contributed by atoms with Crippen molar-refractivity contribution >= 4 is 34.5 Å². The molecule has 2 aromatic rings. The van der Waals surface area contributed by atoms with Gasteiger partial charge in [-0.05, 0) is 18.9 Å². The Morgan fingerprint density at radius 2 is 1.77 bits per heavy atom. The van der Waals surface area contributed by atoms with Gasteiger partial charge < -0.3 is 4.98 Å². The molecule has 2 heterocycles. The molecule has 0 bridgehead atoms. The molecule has 0 spiro atoms. The van der Waals surface area contributed by atoms with Gasteiger partial charge in [0.2, 0.25) is 0 Å². The van der Waals surface area contributed by atoms with E-state index in [0.29, 0.717) is 5.56 Å². The second-order valence-corrected chi connectivity index (χ2v) is 6.81. The lowest BCUT2D eigenvalue weighted by molar-refractivity contribution is -0.144. The molecule has 4 amide bonds. The standard InChI is InChI=1S/C19H19N3O4/c23-16(14-10-20-15-9-5-4-8-13(14)15)11-21-17(24)18(25)22(19(21)26)12-6-2-1-3-7-12/h4-5,8-10,12,20H,1-3,6-7,11H2. The number of aromatic nitrogens is 1. The number of Topliss-reactive ketones (excluding diaryl/α,β-unsaturated/α-hetero) is 1. The summed E-state index contributed by atoms with van der Waals surface area (Å²) in [4.78, 5) is 54.7. The van der Waals surface area contributed by atoms with Crippen LogP contribution in [-0.4, -0.2) is 51.0 Å². The monoisotopic (exact) mass is 353 g/mol. The summed E-state index contributed by atoms with van der Waals surface area (Å²) in [6.07, 6.45) is 5.94. The maximum absolute atomic E-state index is 12.7. The first-order valence-corrected chi connectivity index (χ1v) is 8.86. The number of aromatic amines is 1. The first kappa shape index (κ1) is 16.5. The maximum Gasteiger partial charge on any atom is 0.334 e. The van der Waals surface area contributed by atoms with Crippen molar-refractivity contribution in [2.24, 2.45) is 0 Å². The molecule has 1 aromatic carbocycles. The predicted octanol–water partition coefficient (Wildman–Crippen LogP) is 2.47. The Morgan fingerprint density at radius 3 is 2.54 bits per heavy atom. The molecule has 1 aromatic heterocycles. The molecule has 0 atom stereocenters. The summed E-state index contributed by atoms with van der Waals surface area (Å²) in [6, 6.07) is 6.40. The highest BCUT2D eigenvalue weighted by molar-refractivity contribution is 6.45. The predicted molar refractivity (Wildman–Crippen MR) is 93.5 cm³/mol. The molecule has 7 nitrogen and oxygen atoms in total. The van der Waals surface area contributed by atoms with Crippen LogP contribution >= 0.6 is 0 Å². The number of nitrogens with one attached hydrogen (secondary N) is 1. The molecule has 1 saturated carbocycles. The van der Waals surface area contributed by atoms with E-state index in [1.165, 1.54) is 0 Å². The Morgan fingerprint density at radius 1 is 1.04 bits per heavy atom. The number of urea groups is 1. The van der Waals surface area contributed by atoms with E-state index in [9.17, 15) is 19.2 Å². The molecule has 2 fully saturated rings. The third-order valence-corrected chi connectivity index (χ3v) is 5.22. The summed E-state index contributed by atoms with van der Waals surface area (Å²) in [5.41, 5.74) is 1.21. The molecule has 1 N–H and O–H groups in total. The highest BCUT2D eigenvalue weighted by Gasteiger charge is 2.48. The fourth-order valence-electron chi connectivity index (χ4n) is 3.85. The van der Waals surface area contributed by atoms with Crippen molar-refractivity contribution in [2.45, 2.75) is 38.1 Å². The summed E-state index contributed by atoms with van der Waals surface area (Å²) in [6.45, 7) is -0.422. The summed E-state index contributed by atoms with van der Waals surface area (Å²) in [7, 11) is 0. The number of para-hydroxylation sites is 1. The van der Waals surface area contributed by atoms with Crippen LogP contribution in [0.5, 0.6) is 0 Å². The van der Waals surface area contributed by atoms with E-state index >= 15 is 0 Å². The molecule has 1 saturated heterocycles. The van der Waals surface area contributed by atoms with Crippen molar-refractivity contribution < 1.29 is 19.2 Å². The maximum atomic E-state index is 12.7. The van der Waals surface area contributed by atoms with Crippen molar-refractivity contribution in [3.63, 3.8) is 0 Å². The molecule has 0 radical (unpaired) electrons. The molecule has 26 heavy (non-hydrogen) atoms. The Balaban J connectivity index is 1.56. The Labute approximate surface area is 149 Å². The van der Waals surface area contributed by atoms with Gasteiger partial charge >= 0.3 is 17.8 Å². The van der Waals surface area contributed by atoms with Gasteiger partial charge in [0.05, 0.1) is 6.54 Å². The third-order valence-electron chi connectivity index (χ3n) is 5.22. The van der Waals surface area contributed by atoms with E-state index in [1.54, 1.807) is 12.3 Å². The summed E-state index contributed by atoms with van der Waals surface area (Å²) < 4.78 is 0. The molecule has 2 aliphatic rings. The summed E-state index contributed by atoms with van der Waals surface area (Å²) >= 11 is 0. The summed E-state index contributed by atoms with van der Waals surface area (Å²) in [5.74, 6) is -2.09. The van der Waals surface area contributed by atoms with Crippen LogP contribution in [0.1, 0.15) is 42.5 Å². The van der Waals surface area contributed by atoms with Crippen LogP contribution in [0.3, 0.4) is 0 Å². The highest BCUT2D eigenvalue weighted by atomic mass is 16.2. The molecule has 4 rings (SSSR count). The van der Waals surface area contributed by atoms with Crippen molar-refractivity contribution in [2.75, 3.05) is 6.54 Å². The first-order valence-electron chi connectivity index (χ1n) is 8.86. The highest BCUT2D eigenvalue weighted by Crippen LogP contribution is 2.27. The number of hydrogen-bond donors (Lipinski definition) is 1. The van der Waals surface area contributed by atoms with Gasteiger partial charge in [-0.25, -0.2) is 9.69 Å². The number of imide groups is 2. The zero-order chi connectivity index (χ0) is 18.3. The molecule has 7 heteroatoms. The SMILES string of the molecule is O=C(CN1C(=O)C(=O)N(C2CCCCC2)C1=O)c1c[nH]c2ccccc12. The number of nitrogens with zero attached hydrogens (tertiary/aromatic N) is 2. The number of fused-ring (bicyclic) bond motifs is 1. The fourth-order valence-corrected chi connectivity index (χ4v) is 3.85. The van der Waals surface area contributed by atoms with Gasteiger partial charge in [0, 0.05) is 28.7 Å². The van der Waals surface area contributed by atoms with Crippen LogP contribution in [0.15, 0.2) is 30.5 Å². The number of carbonyl (C=O) groups is 4. The van der Waals surface area contributed by atoms with Gasteiger partial charge in [-0.15, -0.1) is 0 Å². The van der Waals surface area contributed by atoms with E-state index in [0.717, 1.165) is 52.8 Å². The quantitative estimate of drug-likeness (QED) is 0.519. The van der Waals surface area contributed by atoms with Crippen LogP contribution < -0.4 is 0 Å². The second-order valence-electron chi connectivity index (χ2n) is 6.81. The van der Waals surface area contributed by atoms with Gasteiger partial charge in [0.1, 0.15) is 0 Å². The van der Waals surface area contributed by atoms with E-state index in [1.807, 2.05) is 18.2 Å². The Hall–Kier alpha value is -2.96. The van der Waals surface area contributed by atoms with Gasteiger partial charge in [0.15, 0.2) is 5.78 Å². The minimum Gasteiger partial charge on any atom is -0.360 e. The van der Waals surface area contributed by atoms with Crippen LogP contribution in [0.4, 0.5) is 4.79 Å². The van der Waals surface area contributed by atoms with Crippen LogP contribution in [0.2, 0.25) is 0 Å². The molecular weight excluding hydrogens is 334 g/mol. The first-order chi connectivity index (χ1) is 12.6. The number of benzene rings is 1. The van der Waals surface area contributed by atoms with E-state index < -0.39 is 24.4 Å². The van der Waals surface area contributed by atoms with Gasteiger partial charge in [-0.3, -0.25) is 19.3 Å². The van der Waals surface area contributed by atoms with Crippen molar-refractivity contribution in [1.82, 2.24) is 14.8 Å². The molecule has 134 valence electrons. The van der Waals surface area contributed by atoms with E-state index in [4.69, 9.17) is 0 Å². The minimum atomic E-state index is -0.909. The van der Waals surface area contributed by atoms with Crippen LogP contribution in [0.25, 0.3) is 10.9 Å². The number of ketones is 1. The third kappa shape index (κ3) is 2.60. The number of H-pyrrole nitrogens is 1. The van der Waals surface area contributed by atoms with Gasteiger partial charge in [-0.2, -0.15) is 0 Å². The molecule has 1 aliphatic heterocycles. The smallest absolute Gasteiger partial charge is 0.334 e. The average molecular weight is 353 g/mol. The van der Waals surface area contributed by atoms with E-state index in [2.05, 4.69) is 4.98 Å². The fraction of sp³-hybridized carbons (Fsp3) is 0.368. The van der Waals surface area contributed by atoms with Crippen LogP contribution in [-0.2, 0) is 9.59 Å². The number of hydrogen-bond acceptors (Lipinski definition) is 4. The topological polar surface area (TPSA) is 90.6 Å². The van der Waals surface area contributed by atoms with Crippen molar-refractivity contribution in [1.29, 1.82) is 0 Å². The lowest BCUT2D eigenvalue weighted by Gasteiger charge is -2.28. The molecule has 1 aliphatic carbocycles. The van der Waals surface area contributed by atoms with Crippen LogP contribution in [0, 0.1) is 0 Å². The minimum absolute atomic E-state index is 0.235. The number of carbonyl (C=O) groups excluding carboxylic acids is 4. The number of amides is 4. The molecule has 0 unspecified atom stereocenters. The van der Waals surface area contributed by atoms with Gasteiger partial charge in [-0.1, -0.05) is 37.5 Å². The zero-order valence-corrected chi connectivity index (χ0v) is 14.2. The second kappa shape index (κ2) is 6.40. The molecular formula is C19H19N3O4. The largest absolute Gasteiger partial charge is 0.360 e. The van der Waals surface area contributed by atoms with Crippen molar-refractivity contribution in [3.05, 3.63) is 36.0 Å². The lowest BCUT2D eigenvalue weighted by Crippen LogP contribution is -2.43. The zero-order valence-electron chi connectivity index (χ0n) is 14.2. The normalized spacial score (nSPS) is 19.0. The summed E-state index contributed by atoms with van der Waals surface area (Å²) in [5, 5.41) is 0.729. The Bertz CT molecular complexity index is 910.